The number of benzene rings is 1. The first-order valence-electron chi connectivity index (χ1n) is 5.01. The van der Waals surface area contributed by atoms with Gasteiger partial charge < -0.3 is 10.1 Å². The van der Waals surface area contributed by atoms with Gasteiger partial charge in [0.2, 0.25) is 5.91 Å². The molecule has 1 rings (SSSR count). The molecule has 0 fully saturated rings. The van der Waals surface area contributed by atoms with E-state index in [0.717, 1.165) is 28.1 Å². The van der Waals surface area contributed by atoms with Gasteiger partial charge in [-0.3, -0.25) is 4.79 Å². The maximum absolute atomic E-state index is 11.3. The van der Waals surface area contributed by atoms with E-state index in [-0.39, 0.29) is 11.8 Å². The number of halogens is 1. The Kier molecular flexibility index (Phi) is 4.19. The SMILES string of the molecule is COc1cc(C)c(NC(=O)CCl)c(C)c1C. The number of nitrogens with one attached hydrogen (secondary N) is 1. The van der Waals surface area contributed by atoms with Gasteiger partial charge in [-0.25, -0.2) is 0 Å². The molecule has 0 atom stereocenters. The van der Waals surface area contributed by atoms with Gasteiger partial charge in [-0.1, -0.05) is 0 Å². The second-order valence-electron chi connectivity index (χ2n) is 3.70. The number of carbonyl (C=O) groups excluding carboxylic acids is 1. The van der Waals surface area contributed by atoms with Crippen molar-refractivity contribution in [2.45, 2.75) is 20.8 Å². The Morgan fingerprint density at radius 3 is 2.50 bits per heavy atom. The highest BCUT2D eigenvalue weighted by molar-refractivity contribution is 6.29. The summed E-state index contributed by atoms with van der Waals surface area (Å²) in [5.74, 6) is 0.598. The van der Waals surface area contributed by atoms with E-state index in [9.17, 15) is 4.79 Å². The third kappa shape index (κ3) is 2.47. The number of hydrogen-bond donors (Lipinski definition) is 1. The Hall–Kier alpha value is -1.22. The molecular weight excluding hydrogens is 226 g/mol. The summed E-state index contributed by atoms with van der Waals surface area (Å²) in [6.07, 6.45) is 0. The fourth-order valence-corrected chi connectivity index (χ4v) is 1.69. The van der Waals surface area contributed by atoms with E-state index in [1.54, 1.807) is 7.11 Å². The average molecular weight is 242 g/mol. The Bertz CT molecular complexity index is 416. The van der Waals surface area contributed by atoms with Crippen molar-refractivity contribution in [2.75, 3.05) is 18.3 Å². The van der Waals surface area contributed by atoms with Crippen molar-refractivity contribution in [2.24, 2.45) is 0 Å². The van der Waals surface area contributed by atoms with Crippen molar-refractivity contribution in [3.8, 4) is 5.75 Å². The van der Waals surface area contributed by atoms with Gasteiger partial charge in [-0.05, 0) is 43.5 Å². The topological polar surface area (TPSA) is 38.3 Å². The normalized spacial score (nSPS) is 10.1. The minimum Gasteiger partial charge on any atom is -0.496 e. The smallest absolute Gasteiger partial charge is 0.239 e. The van der Waals surface area contributed by atoms with E-state index in [1.807, 2.05) is 26.8 Å². The summed E-state index contributed by atoms with van der Waals surface area (Å²) in [5.41, 5.74) is 3.83. The number of rotatable bonds is 3. The lowest BCUT2D eigenvalue weighted by Crippen LogP contribution is -2.15. The lowest BCUT2D eigenvalue weighted by Gasteiger charge is -2.16. The monoisotopic (exact) mass is 241 g/mol. The van der Waals surface area contributed by atoms with Crippen LogP contribution in [0.25, 0.3) is 0 Å². The molecule has 0 unspecified atom stereocenters. The summed E-state index contributed by atoms with van der Waals surface area (Å²) < 4.78 is 5.25. The van der Waals surface area contributed by atoms with E-state index in [2.05, 4.69) is 5.32 Å². The summed E-state index contributed by atoms with van der Waals surface area (Å²) in [6, 6.07) is 1.91. The number of aryl methyl sites for hydroxylation is 1. The first-order valence-corrected chi connectivity index (χ1v) is 5.55. The Labute approximate surface area is 101 Å². The molecule has 0 radical (unpaired) electrons. The molecule has 16 heavy (non-hydrogen) atoms. The minimum atomic E-state index is -0.197. The molecule has 1 aromatic carbocycles. The molecule has 0 aliphatic heterocycles. The predicted octanol–water partition coefficient (Wildman–Crippen LogP) is 2.80. The number of methoxy groups -OCH3 is 1. The van der Waals surface area contributed by atoms with Crippen molar-refractivity contribution >= 4 is 23.2 Å². The highest BCUT2D eigenvalue weighted by Gasteiger charge is 2.12. The van der Waals surface area contributed by atoms with Crippen molar-refractivity contribution in [1.29, 1.82) is 0 Å². The van der Waals surface area contributed by atoms with Gasteiger partial charge in [-0.2, -0.15) is 0 Å². The standard InChI is InChI=1S/C12H16ClNO2/c1-7-5-10(16-4)8(2)9(3)12(7)14-11(15)6-13/h5H,6H2,1-4H3,(H,14,15). The quantitative estimate of drug-likeness (QED) is 0.827. The number of alkyl halides is 1. The van der Waals surface area contributed by atoms with Gasteiger partial charge in [0, 0.05) is 5.69 Å². The number of anilines is 1. The molecule has 0 bridgehead atoms. The molecule has 3 nitrogen and oxygen atoms in total. The summed E-state index contributed by atoms with van der Waals surface area (Å²) in [5, 5.41) is 2.79. The second-order valence-corrected chi connectivity index (χ2v) is 3.97. The van der Waals surface area contributed by atoms with E-state index < -0.39 is 0 Å². The van der Waals surface area contributed by atoms with Gasteiger partial charge >= 0.3 is 0 Å². The summed E-state index contributed by atoms with van der Waals surface area (Å²) in [6.45, 7) is 5.84. The highest BCUT2D eigenvalue weighted by atomic mass is 35.5. The molecular formula is C12H16ClNO2. The van der Waals surface area contributed by atoms with Crippen LogP contribution in [0.4, 0.5) is 5.69 Å². The Morgan fingerprint density at radius 1 is 1.38 bits per heavy atom. The van der Waals surface area contributed by atoms with E-state index in [4.69, 9.17) is 16.3 Å². The molecule has 0 aliphatic carbocycles. The van der Waals surface area contributed by atoms with E-state index in [0.29, 0.717) is 0 Å². The molecule has 1 aromatic rings. The van der Waals surface area contributed by atoms with Gasteiger partial charge in [0.25, 0.3) is 0 Å². The van der Waals surface area contributed by atoms with Gasteiger partial charge in [-0.15, -0.1) is 11.6 Å². The fraction of sp³-hybridized carbons (Fsp3) is 0.417. The van der Waals surface area contributed by atoms with Crippen LogP contribution < -0.4 is 10.1 Å². The van der Waals surface area contributed by atoms with Gasteiger partial charge in [0.05, 0.1) is 7.11 Å². The molecule has 0 aromatic heterocycles. The zero-order valence-corrected chi connectivity index (χ0v) is 10.7. The van der Waals surface area contributed by atoms with Gasteiger partial charge in [0.1, 0.15) is 11.6 Å². The zero-order valence-electron chi connectivity index (χ0n) is 9.98. The maximum Gasteiger partial charge on any atom is 0.239 e. The number of amides is 1. The van der Waals surface area contributed by atoms with E-state index >= 15 is 0 Å². The molecule has 4 heteroatoms. The molecule has 0 heterocycles. The number of carbonyl (C=O) groups is 1. The first-order chi connectivity index (χ1) is 7.51. The van der Waals surface area contributed by atoms with Crippen molar-refractivity contribution in [1.82, 2.24) is 0 Å². The van der Waals surface area contributed by atoms with Crippen molar-refractivity contribution in [3.63, 3.8) is 0 Å². The third-order valence-electron chi connectivity index (χ3n) is 2.65. The molecule has 0 spiro atoms. The van der Waals surface area contributed by atoms with Crippen LogP contribution >= 0.6 is 11.6 Å². The van der Waals surface area contributed by atoms with Crippen LogP contribution in [-0.2, 0) is 4.79 Å². The van der Waals surface area contributed by atoms with Crippen LogP contribution in [0.3, 0.4) is 0 Å². The third-order valence-corrected chi connectivity index (χ3v) is 2.90. The van der Waals surface area contributed by atoms with Crippen LogP contribution in [0.5, 0.6) is 5.75 Å². The molecule has 0 aliphatic rings. The van der Waals surface area contributed by atoms with Gasteiger partial charge in [0.15, 0.2) is 0 Å². The first kappa shape index (κ1) is 12.8. The number of ether oxygens (including phenoxy) is 1. The molecule has 1 amide bonds. The zero-order chi connectivity index (χ0) is 12.3. The molecule has 0 saturated carbocycles. The highest BCUT2D eigenvalue weighted by Crippen LogP contribution is 2.31. The van der Waals surface area contributed by atoms with Crippen LogP contribution in [0.1, 0.15) is 16.7 Å². The summed E-state index contributed by atoms with van der Waals surface area (Å²) in [7, 11) is 1.64. The molecule has 0 saturated heterocycles. The lowest BCUT2D eigenvalue weighted by atomic mass is 10.0. The summed E-state index contributed by atoms with van der Waals surface area (Å²) in [4.78, 5) is 11.3. The van der Waals surface area contributed by atoms with Crippen LogP contribution in [0, 0.1) is 20.8 Å². The maximum atomic E-state index is 11.3. The van der Waals surface area contributed by atoms with Crippen LogP contribution in [0.15, 0.2) is 6.07 Å². The lowest BCUT2D eigenvalue weighted by molar-refractivity contribution is -0.113. The van der Waals surface area contributed by atoms with E-state index in [1.165, 1.54) is 0 Å². The Morgan fingerprint density at radius 2 is 2.00 bits per heavy atom. The van der Waals surface area contributed by atoms with Crippen molar-refractivity contribution in [3.05, 3.63) is 22.8 Å². The van der Waals surface area contributed by atoms with Crippen LogP contribution in [0.2, 0.25) is 0 Å². The average Bonchev–Trinajstić information content (AvgIpc) is 2.28. The summed E-state index contributed by atoms with van der Waals surface area (Å²) >= 11 is 5.47. The Balaban J connectivity index is 3.20. The van der Waals surface area contributed by atoms with Crippen LogP contribution in [-0.4, -0.2) is 18.9 Å². The second kappa shape index (κ2) is 5.21. The predicted molar refractivity (Wildman–Crippen MR) is 66.6 cm³/mol. The molecule has 88 valence electrons. The minimum absolute atomic E-state index is 0.0377. The van der Waals surface area contributed by atoms with Crippen molar-refractivity contribution < 1.29 is 9.53 Å². The largest absolute Gasteiger partial charge is 0.496 e. The fourth-order valence-electron chi connectivity index (χ4n) is 1.62. The number of hydrogen-bond acceptors (Lipinski definition) is 2. The molecule has 1 N–H and O–H groups in total.